The lowest BCUT2D eigenvalue weighted by Gasteiger charge is -2.25. The average Bonchev–Trinajstić information content (AvgIpc) is 2.97. The van der Waals surface area contributed by atoms with Crippen molar-refractivity contribution in [3.63, 3.8) is 0 Å². The molecule has 1 aliphatic rings. The second-order valence-electron chi connectivity index (χ2n) is 4.44. The van der Waals surface area contributed by atoms with Crippen LogP contribution in [0.4, 0.5) is 5.13 Å². The zero-order valence-corrected chi connectivity index (χ0v) is 12.6. The Morgan fingerprint density at radius 2 is 2.00 bits per heavy atom. The lowest BCUT2D eigenvalue weighted by Crippen LogP contribution is -2.36. The van der Waals surface area contributed by atoms with Gasteiger partial charge in [-0.3, -0.25) is 0 Å². The molecule has 0 unspecified atom stereocenters. The lowest BCUT2D eigenvalue weighted by atomic mass is 10.2. The molecule has 2 aromatic rings. The van der Waals surface area contributed by atoms with Crippen LogP contribution < -0.4 is 4.90 Å². The predicted molar refractivity (Wildman–Crippen MR) is 79.6 cm³/mol. The highest BCUT2D eigenvalue weighted by atomic mass is 35.5. The maximum atomic E-state index is 5.55. The molecule has 0 bridgehead atoms. The number of aromatic nitrogens is 1. The van der Waals surface area contributed by atoms with Crippen molar-refractivity contribution in [2.45, 2.75) is 13.8 Å². The summed E-state index contributed by atoms with van der Waals surface area (Å²) in [5.41, 5.74) is 2.11. The fourth-order valence-corrected chi connectivity index (χ4v) is 3.05. The van der Waals surface area contributed by atoms with E-state index in [0.717, 1.165) is 54.2 Å². The summed E-state index contributed by atoms with van der Waals surface area (Å²) >= 11 is 1.69. The molecule has 3 rings (SSSR count). The Kier molecular flexibility index (Phi) is 4.50. The first-order valence-corrected chi connectivity index (χ1v) is 6.97. The largest absolute Gasteiger partial charge is 0.466 e. The molecule has 0 N–H and O–H groups in total. The van der Waals surface area contributed by atoms with Gasteiger partial charge in [-0.15, -0.1) is 23.7 Å². The van der Waals surface area contributed by atoms with Crippen LogP contribution in [0.25, 0.3) is 11.3 Å². The topological polar surface area (TPSA) is 38.5 Å². The fourth-order valence-electron chi connectivity index (χ4n) is 2.17. The van der Waals surface area contributed by atoms with Crippen LogP contribution in [0.3, 0.4) is 0 Å². The molecule has 0 saturated carbocycles. The number of thiazole rings is 1. The number of anilines is 1. The van der Waals surface area contributed by atoms with Crippen molar-refractivity contribution in [1.82, 2.24) is 4.98 Å². The van der Waals surface area contributed by atoms with Gasteiger partial charge < -0.3 is 14.1 Å². The summed E-state index contributed by atoms with van der Waals surface area (Å²) in [7, 11) is 0. The number of furan rings is 1. The number of nitrogens with zero attached hydrogens (tertiary/aromatic N) is 2. The Morgan fingerprint density at radius 1 is 1.26 bits per heavy atom. The lowest BCUT2D eigenvalue weighted by molar-refractivity contribution is 0.122. The first kappa shape index (κ1) is 14.4. The third kappa shape index (κ3) is 2.94. The SMILES string of the molecule is Cc1cc(-c2csc(N3CCOCC3)n2)c(C)o1.Cl. The van der Waals surface area contributed by atoms with E-state index >= 15 is 0 Å². The molecule has 0 aliphatic carbocycles. The van der Waals surface area contributed by atoms with Gasteiger partial charge in [0.15, 0.2) is 5.13 Å². The first-order valence-electron chi connectivity index (χ1n) is 6.09. The van der Waals surface area contributed by atoms with Gasteiger partial charge in [0.1, 0.15) is 11.5 Å². The van der Waals surface area contributed by atoms with E-state index in [4.69, 9.17) is 14.1 Å². The van der Waals surface area contributed by atoms with Gasteiger partial charge in [-0.05, 0) is 19.9 Å². The normalized spacial score (nSPS) is 15.4. The number of halogens is 1. The van der Waals surface area contributed by atoms with Gasteiger partial charge in [0, 0.05) is 24.0 Å². The van der Waals surface area contributed by atoms with Gasteiger partial charge in [-0.2, -0.15) is 0 Å². The number of ether oxygens (including phenoxy) is 1. The van der Waals surface area contributed by atoms with Crippen LogP contribution in [0.2, 0.25) is 0 Å². The van der Waals surface area contributed by atoms with Crippen LogP contribution in [0.5, 0.6) is 0 Å². The molecular formula is C13H17ClN2O2S. The smallest absolute Gasteiger partial charge is 0.186 e. The van der Waals surface area contributed by atoms with Crippen molar-refractivity contribution >= 4 is 28.9 Å². The molecule has 0 radical (unpaired) electrons. The summed E-state index contributed by atoms with van der Waals surface area (Å²) in [6.07, 6.45) is 0. The van der Waals surface area contributed by atoms with Gasteiger partial charge in [-0.25, -0.2) is 4.98 Å². The van der Waals surface area contributed by atoms with Crippen LogP contribution in [0, 0.1) is 13.8 Å². The van der Waals surface area contributed by atoms with E-state index in [-0.39, 0.29) is 12.4 Å². The number of rotatable bonds is 2. The average molecular weight is 301 g/mol. The maximum absolute atomic E-state index is 5.55. The van der Waals surface area contributed by atoms with E-state index in [1.165, 1.54) is 0 Å². The van der Waals surface area contributed by atoms with Crippen molar-refractivity contribution in [1.29, 1.82) is 0 Å². The first-order chi connectivity index (χ1) is 8.74. The van der Waals surface area contributed by atoms with Gasteiger partial charge in [0.05, 0.1) is 18.9 Å². The molecule has 0 aromatic carbocycles. The van der Waals surface area contributed by atoms with E-state index < -0.39 is 0 Å². The van der Waals surface area contributed by atoms with Crippen LogP contribution in [0.1, 0.15) is 11.5 Å². The highest BCUT2D eigenvalue weighted by molar-refractivity contribution is 7.14. The second-order valence-corrected chi connectivity index (χ2v) is 5.28. The zero-order valence-electron chi connectivity index (χ0n) is 11.0. The van der Waals surface area contributed by atoms with E-state index in [2.05, 4.69) is 10.3 Å². The Morgan fingerprint density at radius 3 is 2.63 bits per heavy atom. The van der Waals surface area contributed by atoms with Crippen molar-refractivity contribution in [2.75, 3.05) is 31.2 Å². The molecule has 1 fully saturated rings. The van der Waals surface area contributed by atoms with Crippen LogP contribution in [0.15, 0.2) is 15.9 Å². The van der Waals surface area contributed by atoms with Gasteiger partial charge in [0.2, 0.25) is 0 Å². The van der Waals surface area contributed by atoms with E-state index in [1.807, 2.05) is 19.9 Å². The minimum absolute atomic E-state index is 0. The fraction of sp³-hybridized carbons (Fsp3) is 0.462. The molecule has 6 heteroatoms. The molecule has 1 saturated heterocycles. The Hall–Kier alpha value is -1.04. The Balaban J connectivity index is 0.00000133. The summed E-state index contributed by atoms with van der Waals surface area (Å²) in [6.45, 7) is 7.38. The molecule has 4 nitrogen and oxygen atoms in total. The number of hydrogen-bond acceptors (Lipinski definition) is 5. The number of hydrogen-bond donors (Lipinski definition) is 0. The van der Waals surface area contributed by atoms with Gasteiger partial charge in [-0.1, -0.05) is 0 Å². The minimum atomic E-state index is 0. The standard InChI is InChI=1S/C13H16N2O2S.ClH/c1-9-7-11(10(2)17-9)12-8-18-13(14-12)15-3-5-16-6-4-15;/h7-8H,3-6H2,1-2H3;1H. The molecule has 19 heavy (non-hydrogen) atoms. The Bertz CT molecular complexity index is 547. The summed E-state index contributed by atoms with van der Waals surface area (Å²) in [4.78, 5) is 6.98. The highest BCUT2D eigenvalue weighted by Gasteiger charge is 2.16. The monoisotopic (exact) mass is 300 g/mol. The van der Waals surface area contributed by atoms with E-state index in [9.17, 15) is 0 Å². The highest BCUT2D eigenvalue weighted by Crippen LogP contribution is 2.31. The number of morpholine rings is 1. The third-order valence-electron chi connectivity index (χ3n) is 3.09. The van der Waals surface area contributed by atoms with Crippen LogP contribution in [-0.2, 0) is 4.74 Å². The summed E-state index contributed by atoms with van der Waals surface area (Å²) in [5.74, 6) is 1.87. The molecule has 0 spiro atoms. The minimum Gasteiger partial charge on any atom is -0.466 e. The van der Waals surface area contributed by atoms with Crippen molar-refractivity contribution in [3.05, 3.63) is 23.0 Å². The molecule has 1 aliphatic heterocycles. The van der Waals surface area contributed by atoms with Crippen LogP contribution >= 0.6 is 23.7 Å². The molecule has 2 aromatic heterocycles. The zero-order chi connectivity index (χ0) is 12.5. The molecule has 0 atom stereocenters. The maximum Gasteiger partial charge on any atom is 0.186 e. The van der Waals surface area contributed by atoms with Gasteiger partial charge in [0.25, 0.3) is 0 Å². The van der Waals surface area contributed by atoms with Crippen molar-refractivity contribution in [3.8, 4) is 11.3 Å². The molecule has 0 amide bonds. The second kappa shape index (κ2) is 5.94. The number of aryl methyl sites for hydroxylation is 2. The Labute approximate surface area is 122 Å². The predicted octanol–water partition coefficient (Wildman–Crippen LogP) is 3.28. The van der Waals surface area contributed by atoms with Crippen LogP contribution in [-0.4, -0.2) is 31.3 Å². The summed E-state index contributed by atoms with van der Waals surface area (Å²) < 4.78 is 10.9. The summed E-state index contributed by atoms with van der Waals surface area (Å²) in [5, 5.41) is 3.17. The van der Waals surface area contributed by atoms with Crippen molar-refractivity contribution in [2.24, 2.45) is 0 Å². The molecule has 3 heterocycles. The summed E-state index contributed by atoms with van der Waals surface area (Å²) in [6, 6.07) is 2.05. The molecular weight excluding hydrogens is 284 g/mol. The van der Waals surface area contributed by atoms with Crippen molar-refractivity contribution < 1.29 is 9.15 Å². The quantitative estimate of drug-likeness (QED) is 0.853. The third-order valence-corrected chi connectivity index (χ3v) is 3.99. The van der Waals surface area contributed by atoms with E-state index in [1.54, 1.807) is 11.3 Å². The molecule has 104 valence electrons. The van der Waals surface area contributed by atoms with E-state index in [0.29, 0.717) is 0 Å². The van der Waals surface area contributed by atoms with Gasteiger partial charge >= 0.3 is 0 Å².